The monoisotopic (exact) mass is 351 g/mol. The number of nitrogens with one attached hydrogen (secondary N) is 2. The fourth-order valence-electron chi connectivity index (χ4n) is 2.79. The summed E-state index contributed by atoms with van der Waals surface area (Å²) in [5, 5.41) is 9.42. The van der Waals surface area contributed by atoms with Gasteiger partial charge in [0.15, 0.2) is 0 Å². The zero-order chi connectivity index (χ0) is 15.4. The van der Waals surface area contributed by atoms with Crippen molar-refractivity contribution in [3.05, 3.63) is 41.4 Å². The normalized spacial score (nSPS) is 20.6. The second-order valence-corrected chi connectivity index (χ2v) is 6.66. The van der Waals surface area contributed by atoms with Gasteiger partial charge < -0.3 is 10.6 Å². The van der Waals surface area contributed by atoms with Crippen molar-refractivity contribution < 1.29 is 4.79 Å². The quantitative estimate of drug-likeness (QED) is 0.889. The average molecular weight is 352 g/mol. The number of rotatable bonds is 4. The highest BCUT2D eigenvalue weighted by Gasteiger charge is 2.24. The summed E-state index contributed by atoms with van der Waals surface area (Å²) < 4.78 is 0. The first-order chi connectivity index (χ1) is 10.7. The van der Waals surface area contributed by atoms with Gasteiger partial charge in [-0.3, -0.25) is 4.79 Å². The zero-order valence-electron chi connectivity index (χ0n) is 13.1. The number of thiazole rings is 1. The third-order valence-electron chi connectivity index (χ3n) is 4.01. The molecule has 2 N–H and O–H groups in total. The standard InChI is InChI=1S/C17H21N3OS.ClH/c1-12-9-14(7-8-18-12)16(21)19-10-15-11-22-17(20-15)13-5-3-2-4-6-13;/h2-6,11-12,14,18H,7-10H2,1H3,(H,19,21);1H/t12-,14-;/m0./s1. The Bertz CT molecular complexity index is 632. The molecule has 1 saturated heterocycles. The molecule has 0 radical (unpaired) electrons. The van der Waals surface area contributed by atoms with Gasteiger partial charge in [-0.2, -0.15) is 0 Å². The number of hydrogen-bond donors (Lipinski definition) is 2. The van der Waals surface area contributed by atoms with Gasteiger partial charge in [0.2, 0.25) is 5.91 Å². The van der Waals surface area contributed by atoms with Gasteiger partial charge in [0.25, 0.3) is 0 Å². The predicted molar refractivity (Wildman–Crippen MR) is 96.8 cm³/mol. The van der Waals surface area contributed by atoms with Crippen LogP contribution in [0.1, 0.15) is 25.5 Å². The first-order valence-electron chi connectivity index (χ1n) is 7.73. The van der Waals surface area contributed by atoms with E-state index in [1.165, 1.54) is 0 Å². The van der Waals surface area contributed by atoms with Crippen LogP contribution < -0.4 is 10.6 Å². The van der Waals surface area contributed by atoms with Gasteiger partial charge in [0, 0.05) is 22.9 Å². The van der Waals surface area contributed by atoms with Crippen LogP contribution in [0.25, 0.3) is 10.6 Å². The molecule has 0 saturated carbocycles. The van der Waals surface area contributed by atoms with Gasteiger partial charge in [0.05, 0.1) is 12.2 Å². The molecule has 1 fully saturated rings. The molecule has 0 unspecified atom stereocenters. The van der Waals surface area contributed by atoms with E-state index in [0.29, 0.717) is 12.6 Å². The van der Waals surface area contributed by atoms with Crippen molar-refractivity contribution in [1.29, 1.82) is 0 Å². The summed E-state index contributed by atoms with van der Waals surface area (Å²) in [6.45, 7) is 3.57. The number of carbonyl (C=O) groups excluding carboxylic acids is 1. The molecule has 1 amide bonds. The zero-order valence-corrected chi connectivity index (χ0v) is 14.8. The molecular weight excluding hydrogens is 330 g/mol. The summed E-state index contributed by atoms with van der Waals surface area (Å²) in [7, 11) is 0. The Labute approximate surface area is 147 Å². The van der Waals surface area contributed by atoms with E-state index >= 15 is 0 Å². The van der Waals surface area contributed by atoms with Gasteiger partial charge >= 0.3 is 0 Å². The molecule has 1 aliphatic rings. The van der Waals surface area contributed by atoms with Gasteiger partial charge in [-0.05, 0) is 26.3 Å². The molecular formula is C17H22ClN3OS. The maximum absolute atomic E-state index is 12.2. The van der Waals surface area contributed by atoms with E-state index in [-0.39, 0.29) is 24.2 Å². The summed E-state index contributed by atoms with van der Waals surface area (Å²) in [4.78, 5) is 16.8. The number of aromatic nitrogens is 1. The summed E-state index contributed by atoms with van der Waals surface area (Å²) in [5.41, 5.74) is 2.05. The van der Waals surface area contributed by atoms with Gasteiger partial charge in [-0.25, -0.2) is 4.98 Å². The summed E-state index contributed by atoms with van der Waals surface area (Å²) in [6, 6.07) is 10.5. The molecule has 4 nitrogen and oxygen atoms in total. The highest BCUT2D eigenvalue weighted by molar-refractivity contribution is 7.13. The Hall–Kier alpha value is -1.43. The van der Waals surface area contributed by atoms with Crippen LogP contribution in [-0.2, 0) is 11.3 Å². The van der Waals surface area contributed by atoms with E-state index < -0.39 is 0 Å². The van der Waals surface area contributed by atoms with Crippen LogP contribution in [0.2, 0.25) is 0 Å². The number of halogens is 1. The Morgan fingerprint density at radius 2 is 2.17 bits per heavy atom. The van der Waals surface area contributed by atoms with Crippen molar-refractivity contribution >= 4 is 29.7 Å². The molecule has 2 atom stereocenters. The fraction of sp³-hybridized carbons (Fsp3) is 0.412. The molecule has 1 aromatic heterocycles. The van der Waals surface area contributed by atoms with Crippen LogP contribution in [0.4, 0.5) is 0 Å². The number of carbonyl (C=O) groups is 1. The van der Waals surface area contributed by atoms with Crippen molar-refractivity contribution in [3.8, 4) is 10.6 Å². The van der Waals surface area contributed by atoms with Crippen LogP contribution in [0.15, 0.2) is 35.7 Å². The fourth-order valence-corrected chi connectivity index (χ4v) is 3.62. The number of amides is 1. The average Bonchev–Trinajstić information content (AvgIpc) is 3.02. The van der Waals surface area contributed by atoms with Gasteiger partial charge in [-0.15, -0.1) is 23.7 Å². The van der Waals surface area contributed by atoms with Crippen molar-refractivity contribution in [1.82, 2.24) is 15.6 Å². The Morgan fingerprint density at radius 3 is 2.91 bits per heavy atom. The highest BCUT2D eigenvalue weighted by Crippen LogP contribution is 2.23. The molecule has 1 aliphatic heterocycles. The predicted octanol–water partition coefficient (Wildman–Crippen LogP) is 3.24. The second kappa shape index (κ2) is 8.43. The minimum Gasteiger partial charge on any atom is -0.350 e. The lowest BCUT2D eigenvalue weighted by Crippen LogP contribution is -2.42. The lowest BCUT2D eigenvalue weighted by molar-refractivity contribution is -0.126. The van der Waals surface area contributed by atoms with E-state index in [1.807, 2.05) is 23.6 Å². The molecule has 1 aromatic carbocycles. The molecule has 0 spiro atoms. The number of piperidine rings is 1. The first-order valence-corrected chi connectivity index (χ1v) is 8.61. The second-order valence-electron chi connectivity index (χ2n) is 5.80. The topological polar surface area (TPSA) is 54.0 Å². The molecule has 124 valence electrons. The maximum atomic E-state index is 12.2. The van der Waals surface area contributed by atoms with Crippen LogP contribution >= 0.6 is 23.7 Å². The van der Waals surface area contributed by atoms with Crippen LogP contribution in [0.3, 0.4) is 0 Å². The first kappa shape index (κ1) is 17.9. The minimum absolute atomic E-state index is 0. The summed E-state index contributed by atoms with van der Waals surface area (Å²) in [6.07, 6.45) is 1.83. The van der Waals surface area contributed by atoms with E-state index in [2.05, 4.69) is 34.7 Å². The number of hydrogen-bond acceptors (Lipinski definition) is 4. The van der Waals surface area contributed by atoms with Crippen LogP contribution in [-0.4, -0.2) is 23.5 Å². The van der Waals surface area contributed by atoms with Crippen molar-refractivity contribution in [2.75, 3.05) is 6.54 Å². The Balaban J connectivity index is 0.00000192. The molecule has 3 rings (SSSR count). The highest BCUT2D eigenvalue weighted by atomic mass is 35.5. The molecule has 0 aliphatic carbocycles. The van der Waals surface area contributed by atoms with Crippen molar-refractivity contribution in [3.63, 3.8) is 0 Å². The minimum atomic E-state index is 0. The molecule has 23 heavy (non-hydrogen) atoms. The number of nitrogens with zero attached hydrogens (tertiary/aromatic N) is 1. The van der Waals surface area contributed by atoms with E-state index in [1.54, 1.807) is 11.3 Å². The summed E-state index contributed by atoms with van der Waals surface area (Å²) >= 11 is 1.62. The Kier molecular flexibility index (Phi) is 6.57. The van der Waals surface area contributed by atoms with Crippen molar-refractivity contribution in [2.24, 2.45) is 5.92 Å². The van der Waals surface area contributed by atoms with E-state index in [0.717, 1.165) is 35.7 Å². The SMILES string of the molecule is C[C@H]1C[C@@H](C(=O)NCc2csc(-c3ccccc3)n2)CCN1.Cl. The van der Waals surface area contributed by atoms with Crippen molar-refractivity contribution in [2.45, 2.75) is 32.4 Å². The van der Waals surface area contributed by atoms with Crippen LogP contribution in [0.5, 0.6) is 0 Å². The summed E-state index contributed by atoms with van der Waals surface area (Å²) in [5.74, 6) is 0.283. The Morgan fingerprint density at radius 1 is 1.39 bits per heavy atom. The number of benzene rings is 1. The molecule has 2 heterocycles. The molecule has 6 heteroatoms. The van der Waals surface area contributed by atoms with E-state index in [9.17, 15) is 4.79 Å². The van der Waals surface area contributed by atoms with Crippen LogP contribution in [0, 0.1) is 5.92 Å². The lowest BCUT2D eigenvalue weighted by Gasteiger charge is -2.26. The largest absolute Gasteiger partial charge is 0.350 e. The van der Waals surface area contributed by atoms with Gasteiger partial charge in [0.1, 0.15) is 5.01 Å². The third-order valence-corrected chi connectivity index (χ3v) is 4.95. The molecule has 0 bridgehead atoms. The maximum Gasteiger partial charge on any atom is 0.223 e. The smallest absolute Gasteiger partial charge is 0.223 e. The van der Waals surface area contributed by atoms with Gasteiger partial charge in [-0.1, -0.05) is 30.3 Å². The molecule has 2 aromatic rings. The lowest BCUT2D eigenvalue weighted by atomic mass is 9.92. The third kappa shape index (κ3) is 4.77. The van der Waals surface area contributed by atoms with E-state index in [4.69, 9.17) is 0 Å².